The molecule has 1 aromatic heterocycles. The van der Waals surface area contributed by atoms with Crippen LogP contribution in [0.4, 0.5) is 4.79 Å². The molecule has 4 amide bonds. The second-order valence-electron chi connectivity index (χ2n) is 7.17. The van der Waals surface area contributed by atoms with Crippen molar-refractivity contribution in [2.45, 2.75) is 50.6 Å². The Kier molecular flexibility index (Phi) is 4.57. The molecule has 0 bridgehead atoms. The lowest BCUT2D eigenvalue weighted by Gasteiger charge is -2.29. The predicted octanol–water partition coefficient (Wildman–Crippen LogP) is 1.29. The third kappa shape index (κ3) is 2.93. The molecule has 2 saturated heterocycles. The van der Waals surface area contributed by atoms with Crippen molar-refractivity contribution in [3.8, 4) is 0 Å². The van der Waals surface area contributed by atoms with E-state index in [1.165, 1.54) is 23.7 Å². The highest BCUT2D eigenvalue weighted by molar-refractivity contribution is 6.05. The SMILES string of the molecule is O=C(c1ncccn1)N1CCCN2C(=O)N(C3CCCCC3)C(=O)C2C1. The second kappa shape index (κ2) is 7.01. The lowest BCUT2D eigenvalue weighted by Crippen LogP contribution is -2.45. The Morgan fingerprint density at radius 2 is 1.73 bits per heavy atom. The molecule has 0 aromatic carbocycles. The van der Waals surface area contributed by atoms with E-state index in [4.69, 9.17) is 0 Å². The third-order valence-electron chi connectivity index (χ3n) is 5.55. The number of hydrogen-bond acceptors (Lipinski definition) is 5. The summed E-state index contributed by atoms with van der Waals surface area (Å²) in [6, 6.07) is 0.899. The first kappa shape index (κ1) is 16.9. The quantitative estimate of drug-likeness (QED) is 0.745. The van der Waals surface area contributed by atoms with Crippen molar-refractivity contribution in [2.24, 2.45) is 0 Å². The van der Waals surface area contributed by atoms with Crippen LogP contribution in [0.5, 0.6) is 0 Å². The van der Waals surface area contributed by atoms with Crippen molar-refractivity contribution in [3.63, 3.8) is 0 Å². The van der Waals surface area contributed by atoms with E-state index in [-0.39, 0.29) is 36.3 Å². The highest BCUT2D eigenvalue weighted by atomic mass is 16.2. The van der Waals surface area contributed by atoms with Gasteiger partial charge in [-0.1, -0.05) is 19.3 Å². The molecule has 4 rings (SSSR count). The summed E-state index contributed by atoms with van der Waals surface area (Å²) in [5, 5.41) is 0. The molecule has 8 heteroatoms. The summed E-state index contributed by atoms with van der Waals surface area (Å²) in [5.41, 5.74) is 0. The van der Waals surface area contributed by atoms with Crippen LogP contribution >= 0.6 is 0 Å². The number of aromatic nitrogens is 2. The van der Waals surface area contributed by atoms with Crippen molar-refractivity contribution in [3.05, 3.63) is 24.3 Å². The van der Waals surface area contributed by atoms with Gasteiger partial charge < -0.3 is 9.80 Å². The van der Waals surface area contributed by atoms with Gasteiger partial charge in [-0.3, -0.25) is 14.5 Å². The van der Waals surface area contributed by atoms with Crippen molar-refractivity contribution in [1.82, 2.24) is 24.7 Å². The smallest absolute Gasteiger partial charge is 0.327 e. The Hall–Kier alpha value is -2.51. The first-order valence-electron chi connectivity index (χ1n) is 9.37. The van der Waals surface area contributed by atoms with Gasteiger partial charge >= 0.3 is 6.03 Å². The van der Waals surface area contributed by atoms with Crippen LogP contribution in [0.15, 0.2) is 18.5 Å². The van der Waals surface area contributed by atoms with E-state index in [0.717, 1.165) is 25.7 Å². The van der Waals surface area contributed by atoms with Gasteiger partial charge in [0, 0.05) is 31.5 Å². The standard InChI is InChI=1S/C18H23N5O3/c24-16-14-12-21(17(25)15-19-8-4-9-20-15)10-5-11-22(14)18(26)23(16)13-6-2-1-3-7-13/h4,8-9,13-14H,1-3,5-7,10-12H2. The molecule has 2 aliphatic heterocycles. The molecule has 0 N–H and O–H groups in total. The van der Waals surface area contributed by atoms with Crippen LogP contribution < -0.4 is 0 Å². The van der Waals surface area contributed by atoms with Gasteiger partial charge in [0.05, 0.1) is 6.54 Å². The van der Waals surface area contributed by atoms with Crippen LogP contribution in [-0.4, -0.2) is 74.2 Å². The molecule has 0 radical (unpaired) electrons. The maximum Gasteiger partial charge on any atom is 0.327 e. The molecule has 3 aliphatic rings. The van der Waals surface area contributed by atoms with Crippen LogP contribution in [-0.2, 0) is 4.79 Å². The molecule has 3 fully saturated rings. The van der Waals surface area contributed by atoms with E-state index in [2.05, 4.69) is 9.97 Å². The number of nitrogens with zero attached hydrogens (tertiary/aromatic N) is 5. The van der Waals surface area contributed by atoms with E-state index >= 15 is 0 Å². The zero-order chi connectivity index (χ0) is 18.1. The largest absolute Gasteiger partial charge is 0.333 e. The number of urea groups is 1. The second-order valence-corrected chi connectivity index (χ2v) is 7.17. The van der Waals surface area contributed by atoms with Crippen LogP contribution in [0.3, 0.4) is 0 Å². The Balaban J connectivity index is 1.53. The highest BCUT2D eigenvalue weighted by Gasteiger charge is 2.49. The van der Waals surface area contributed by atoms with Crippen molar-refractivity contribution in [1.29, 1.82) is 0 Å². The van der Waals surface area contributed by atoms with Crippen LogP contribution in [0.2, 0.25) is 0 Å². The molecule has 26 heavy (non-hydrogen) atoms. The molecule has 0 spiro atoms. The molecule has 1 aromatic rings. The molecular weight excluding hydrogens is 334 g/mol. The number of imide groups is 1. The lowest BCUT2D eigenvalue weighted by atomic mass is 9.94. The van der Waals surface area contributed by atoms with Gasteiger partial charge in [0.15, 0.2) is 0 Å². The van der Waals surface area contributed by atoms with Gasteiger partial charge in [-0.2, -0.15) is 0 Å². The summed E-state index contributed by atoms with van der Waals surface area (Å²) in [4.78, 5) is 51.3. The van der Waals surface area contributed by atoms with E-state index in [1.807, 2.05) is 0 Å². The minimum absolute atomic E-state index is 0.0114. The molecule has 138 valence electrons. The maximum absolute atomic E-state index is 13.0. The van der Waals surface area contributed by atoms with Gasteiger partial charge in [0.1, 0.15) is 6.04 Å². The monoisotopic (exact) mass is 357 g/mol. The lowest BCUT2D eigenvalue weighted by molar-refractivity contribution is -0.130. The summed E-state index contributed by atoms with van der Waals surface area (Å²) in [7, 11) is 0. The summed E-state index contributed by atoms with van der Waals surface area (Å²) < 4.78 is 0. The van der Waals surface area contributed by atoms with E-state index < -0.39 is 6.04 Å². The molecule has 1 unspecified atom stereocenters. The number of carbonyl (C=O) groups excluding carboxylic acids is 3. The first-order chi connectivity index (χ1) is 12.7. The van der Waals surface area contributed by atoms with Crippen molar-refractivity contribution in [2.75, 3.05) is 19.6 Å². The third-order valence-corrected chi connectivity index (χ3v) is 5.55. The predicted molar refractivity (Wildman–Crippen MR) is 92.2 cm³/mol. The molecule has 1 aliphatic carbocycles. The van der Waals surface area contributed by atoms with Crippen molar-refractivity contribution < 1.29 is 14.4 Å². The van der Waals surface area contributed by atoms with Gasteiger partial charge in [-0.15, -0.1) is 0 Å². The van der Waals surface area contributed by atoms with Crippen LogP contribution in [0.25, 0.3) is 0 Å². The number of rotatable bonds is 2. The minimum atomic E-state index is -0.584. The molecule has 1 saturated carbocycles. The Bertz CT molecular complexity index is 704. The Labute approximate surface area is 152 Å². The fourth-order valence-electron chi connectivity index (χ4n) is 4.23. The molecule has 8 nitrogen and oxygen atoms in total. The van der Waals surface area contributed by atoms with Crippen molar-refractivity contribution >= 4 is 17.8 Å². The van der Waals surface area contributed by atoms with E-state index in [0.29, 0.717) is 19.5 Å². The van der Waals surface area contributed by atoms with Gasteiger partial charge in [-0.25, -0.2) is 14.8 Å². The van der Waals surface area contributed by atoms with E-state index in [1.54, 1.807) is 15.9 Å². The van der Waals surface area contributed by atoms with Gasteiger partial charge in [0.2, 0.25) is 5.82 Å². The summed E-state index contributed by atoms with van der Waals surface area (Å²) >= 11 is 0. The fraction of sp³-hybridized carbons (Fsp3) is 0.611. The average molecular weight is 357 g/mol. The number of hydrogen-bond donors (Lipinski definition) is 0. The normalized spacial score (nSPS) is 24.6. The zero-order valence-corrected chi connectivity index (χ0v) is 14.7. The highest BCUT2D eigenvalue weighted by Crippen LogP contribution is 2.30. The minimum Gasteiger partial charge on any atom is -0.333 e. The average Bonchev–Trinajstić information content (AvgIpc) is 2.84. The Morgan fingerprint density at radius 1 is 1.00 bits per heavy atom. The summed E-state index contributed by atoms with van der Waals surface area (Å²) in [5.74, 6) is -0.318. The maximum atomic E-state index is 13.0. The zero-order valence-electron chi connectivity index (χ0n) is 14.7. The number of amides is 4. The molecular formula is C18H23N5O3. The van der Waals surface area contributed by atoms with Gasteiger partial charge in [-0.05, 0) is 25.3 Å². The summed E-state index contributed by atoms with van der Waals surface area (Å²) in [6.07, 6.45) is 8.76. The number of carbonyl (C=O) groups is 3. The first-order valence-corrected chi connectivity index (χ1v) is 9.37. The van der Waals surface area contributed by atoms with Gasteiger partial charge in [0.25, 0.3) is 11.8 Å². The topological polar surface area (TPSA) is 86.7 Å². The fourth-order valence-corrected chi connectivity index (χ4v) is 4.23. The van der Waals surface area contributed by atoms with E-state index in [9.17, 15) is 14.4 Å². The summed E-state index contributed by atoms with van der Waals surface area (Å²) in [6.45, 7) is 1.21. The van der Waals surface area contributed by atoms with Crippen LogP contribution in [0.1, 0.15) is 49.1 Å². The number of fused-ring (bicyclic) bond motifs is 1. The van der Waals surface area contributed by atoms with Crippen LogP contribution in [0, 0.1) is 0 Å². The Morgan fingerprint density at radius 3 is 2.46 bits per heavy atom. The molecule has 3 heterocycles. The molecule has 1 atom stereocenters.